The minimum absolute atomic E-state index is 0.168. The third-order valence-corrected chi connectivity index (χ3v) is 1.51. The molecule has 0 spiro atoms. The van der Waals surface area contributed by atoms with E-state index in [4.69, 9.17) is 9.57 Å². The van der Waals surface area contributed by atoms with Crippen molar-refractivity contribution in [3.63, 3.8) is 0 Å². The van der Waals surface area contributed by atoms with Crippen molar-refractivity contribution in [3.8, 4) is 0 Å². The van der Waals surface area contributed by atoms with Gasteiger partial charge in [-0.2, -0.15) is 0 Å². The summed E-state index contributed by atoms with van der Waals surface area (Å²) in [5.41, 5.74) is 2.25. The fourth-order valence-electron chi connectivity index (χ4n) is 1.01. The molecule has 0 aliphatic carbocycles. The molecule has 1 saturated heterocycles. The molecular weight excluding hydrogens is 146 g/mol. The van der Waals surface area contributed by atoms with Gasteiger partial charge in [-0.15, -0.1) is 0 Å². The highest BCUT2D eigenvalue weighted by Crippen LogP contribution is 2.11. The average Bonchev–Trinajstić information content (AvgIpc) is 2.39. The fraction of sp³-hybridized carbons (Fsp3) is 0.857. The van der Waals surface area contributed by atoms with Gasteiger partial charge in [-0.25, -0.2) is 5.48 Å². The summed E-state index contributed by atoms with van der Waals surface area (Å²) >= 11 is 0. The van der Waals surface area contributed by atoms with Crippen LogP contribution in [0.2, 0.25) is 0 Å². The van der Waals surface area contributed by atoms with Crippen molar-refractivity contribution in [1.82, 2.24) is 5.48 Å². The van der Waals surface area contributed by atoms with Crippen molar-refractivity contribution in [3.05, 3.63) is 0 Å². The minimum atomic E-state index is -0.178. The SMILES string of the molecule is CC(=O)NOCC1CCCO1. The molecule has 1 aliphatic rings. The first-order valence-corrected chi connectivity index (χ1v) is 3.79. The van der Waals surface area contributed by atoms with Crippen molar-refractivity contribution in [1.29, 1.82) is 0 Å². The lowest BCUT2D eigenvalue weighted by molar-refractivity contribution is -0.133. The monoisotopic (exact) mass is 159 g/mol. The van der Waals surface area contributed by atoms with Crippen LogP contribution in [0.1, 0.15) is 19.8 Å². The van der Waals surface area contributed by atoms with E-state index in [1.807, 2.05) is 0 Å². The normalized spacial score (nSPS) is 23.5. The molecule has 1 heterocycles. The van der Waals surface area contributed by atoms with Crippen molar-refractivity contribution in [2.45, 2.75) is 25.9 Å². The van der Waals surface area contributed by atoms with E-state index in [1.165, 1.54) is 6.92 Å². The van der Waals surface area contributed by atoms with E-state index in [9.17, 15) is 4.79 Å². The Hall–Kier alpha value is -0.610. The highest BCUT2D eigenvalue weighted by Gasteiger charge is 2.15. The van der Waals surface area contributed by atoms with Crippen molar-refractivity contribution in [2.24, 2.45) is 0 Å². The zero-order valence-corrected chi connectivity index (χ0v) is 6.63. The maximum atomic E-state index is 10.3. The van der Waals surface area contributed by atoms with E-state index in [2.05, 4.69) is 5.48 Å². The van der Waals surface area contributed by atoms with E-state index in [1.54, 1.807) is 0 Å². The number of hydrogen-bond donors (Lipinski definition) is 1. The van der Waals surface area contributed by atoms with Crippen LogP contribution < -0.4 is 5.48 Å². The number of amides is 1. The molecule has 11 heavy (non-hydrogen) atoms. The Morgan fingerprint density at radius 3 is 3.18 bits per heavy atom. The molecule has 0 bridgehead atoms. The van der Waals surface area contributed by atoms with E-state index in [0.29, 0.717) is 6.61 Å². The molecule has 0 aromatic carbocycles. The molecule has 0 radical (unpaired) electrons. The highest BCUT2D eigenvalue weighted by molar-refractivity contribution is 5.71. The molecule has 1 aliphatic heterocycles. The molecule has 0 aromatic heterocycles. The van der Waals surface area contributed by atoms with Gasteiger partial charge in [-0.05, 0) is 12.8 Å². The number of rotatable bonds is 3. The van der Waals surface area contributed by atoms with Gasteiger partial charge in [0.15, 0.2) is 0 Å². The zero-order chi connectivity index (χ0) is 8.10. The van der Waals surface area contributed by atoms with Gasteiger partial charge >= 0.3 is 0 Å². The summed E-state index contributed by atoms with van der Waals surface area (Å²) in [4.78, 5) is 15.2. The second-order valence-corrected chi connectivity index (χ2v) is 2.60. The van der Waals surface area contributed by atoms with Gasteiger partial charge in [0.2, 0.25) is 5.91 Å². The Kier molecular flexibility index (Phi) is 3.32. The average molecular weight is 159 g/mol. The summed E-state index contributed by atoms with van der Waals surface area (Å²) in [7, 11) is 0. The number of ether oxygens (including phenoxy) is 1. The summed E-state index contributed by atoms with van der Waals surface area (Å²) in [5.74, 6) is -0.178. The standard InChI is InChI=1S/C7H13NO3/c1-6(9)8-11-5-7-3-2-4-10-7/h7H,2-5H2,1H3,(H,8,9). The predicted molar refractivity (Wildman–Crippen MR) is 38.7 cm³/mol. The van der Waals surface area contributed by atoms with Gasteiger partial charge in [0, 0.05) is 13.5 Å². The van der Waals surface area contributed by atoms with Gasteiger partial charge in [0.25, 0.3) is 0 Å². The number of hydrogen-bond acceptors (Lipinski definition) is 3. The van der Waals surface area contributed by atoms with E-state index in [-0.39, 0.29) is 12.0 Å². The van der Waals surface area contributed by atoms with Crippen LogP contribution in [0.5, 0.6) is 0 Å². The topological polar surface area (TPSA) is 47.6 Å². The van der Waals surface area contributed by atoms with Gasteiger partial charge < -0.3 is 4.74 Å². The molecular formula is C7H13NO3. The molecule has 1 rings (SSSR count). The molecule has 1 N–H and O–H groups in total. The van der Waals surface area contributed by atoms with Crippen LogP contribution in [-0.4, -0.2) is 25.2 Å². The van der Waals surface area contributed by atoms with Crippen LogP contribution in [0.3, 0.4) is 0 Å². The van der Waals surface area contributed by atoms with Crippen LogP contribution in [0.25, 0.3) is 0 Å². The Balaban J connectivity index is 1.98. The van der Waals surface area contributed by atoms with Gasteiger partial charge in [0.1, 0.15) is 6.61 Å². The second kappa shape index (κ2) is 4.31. The Bertz CT molecular complexity index is 132. The van der Waals surface area contributed by atoms with Crippen molar-refractivity contribution >= 4 is 5.91 Å². The number of nitrogens with one attached hydrogen (secondary N) is 1. The first-order valence-electron chi connectivity index (χ1n) is 3.79. The first-order chi connectivity index (χ1) is 5.29. The third kappa shape index (κ3) is 3.34. The summed E-state index contributed by atoms with van der Waals surface area (Å²) in [6, 6.07) is 0. The van der Waals surface area contributed by atoms with Crippen LogP contribution in [-0.2, 0) is 14.4 Å². The van der Waals surface area contributed by atoms with Crippen molar-refractivity contribution < 1.29 is 14.4 Å². The first kappa shape index (κ1) is 8.49. The predicted octanol–water partition coefficient (Wildman–Crippen LogP) is 0.233. The minimum Gasteiger partial charge on any atom is -0.376 e. The largest absolute Gasteiger partial charge is 0.376 e. The van der Waals surface area contributed by atoms with Crippen molar-refractivity contribution in [2.75, 3.05) is 13.2 Å². The maximum absolute atomic E-state index is 10.3. The third-order valence-electron chi connectivity index (χ3n) is 1.51. The Labute approximate surface area is 65.8 Å². The number of hydroxylamine groups is 1. The smallest absolute Gasteiger partial charge is 0.240 e. The summed E-state index contributed by atoms with van der Waals surface area (Å²) < 4.78 is 5.26. The summed E-state index contributed by atoms with van der Waals surface area (Å²) in [6.07, 6.45) is 2.29. The van der Waals surface area contributed by atoms with Gasteiger partial charge in [-0.1, -0.05) is 0 Å². The molecule has 64 valence electrons. The lowest BCUT2D eigenvalue weighted by Gasteiger charge is -2.08. The quantitative estimate of drug-likeness (QED) is 0.600. The summed E-state index contributed by atoms with van der Waals surface area (Å²) in [6.45, 7) is 2.68. The molecule has 1 fully saturated rings. The van der Waals surface area contributed by atoms with Gasteiger partial charge in [0.05, 0.1) is 6.10 Å². The fourth-order valence-corrected chi connectivity index (χ4v) is 1.01. The van der Waals surface area contributed by atoms with E-state index >= 15 is 0 Å². The molecule has 0 aromatic rings. The van der Waals surface area contributed by atoms with Crippen LogP contribution >= 0.6 is 0 Å². The van der Waals surface area contributed by atoms with Crippen LogP contribution in [0.4, 0.5) is 0 Å². The van der Waals surface area contributed by atoms with Crippen LogP contribution in [0.15, 0.2) is 0 Å². The molecule has 4 nitrogen and oxygen atoms in total. The van der Waals surface area contributed by atoms with Crippen LogP contribution in [0, 0.1) is 0 Å². The van der Waals surface area contributed by atoms with E-state index in [0.717, 1.165) is 19.4 Å². The zero-order valence-electron chi connectivity index (χ0n) is 6.63. The number of carbonyl (C=O) groups excluding carboxylic acids is 1. The maximum Gasteiger partial charge on any atom is 0.240 e. The molecule has 1 unspecified atom stereocenters. The molecule has 1 amide bonds. The molecule has 1 atom stereocenters. The molecule has 0 saturated carbocycles. The Morgan fingerprint density at radius 1 is 1.82 bits per heavy atom. The second-order valence-electron chi connectivity index (χ2n) is 2.60. The van der Waals surface area contributed by atoms with E-state index < -0.39 is 0 Å². The lowest BCUT2D eigenvalue weighted by atomic mass is 10.2. The molecule has 4 heteroatoms. The summed E-state index contributed by atoms with van der Waals surface area (Å²) in [5, 5.41) is 0. The Morgan fingerprint density at radius 2 is 2.64 bits per heavy atom. The van der Waals surface area contributed by atoms with Gasteiger partial charge in [-0.3, -0.25) is 9.63 Å². The highest BCUT2D eigenvalue weighted by atomic mass is 16.7. The number of carbonyl (C=O) groups is 1. The lowest BCUT2D eigenvalue weighted by Crippen LogP contribution is -2.25.